The molecule has 0 radical (unpaired) electrons. The Morgan fingerprint density at radius 3 is 2.62 bits per heavy atom. The molecule has 6 nitrogen and oxygen atoms in total. The zero-order valence-electron chi connectivity index (χ0n) is 13.7. The molecule has 0 bridgehead atoms. The smallest absolute Gasteiger partial charge is 0.156 e. The van der Waals surface area contributed by atoms with E-state index < -0.39 is 11.2 Å². The molecule has 1 unspecified atom stereocenters. The van der Waals surface area contributed by atoms with E-state index >= 15 is 0 Å². The van der Waals surface area contributed by atoms with Gasteiger partial charge in [-0.3, -0.25) is 0 Å². The lowest BCUT2D eigenvalue weighted by Gasteiger charge is -2.12. The lowest BCUT2D eigenvalue weighted by Crippen LogP contribution is -2.13. The molecule has 3 aromatic rings. The number of methoxy groups -OCH3 is 1. The number of hydrogen-bond donors (Lipinski definition) is 0. The summed E-state index contributed by atoms with van der Waals surface area (Å²) >= 11 is 3.21. The van der Waals surface area contributed by atoms with Crippen molar-refractivity contribution in [3.8, 4) is 27.3 Å². The van der Waals surface area contributed by atoms with E-state index in [0.29, 0.717) is 33.7 Å². The summed E-state index contributed by atoms with van der Waals surface area (Å²) in [5.74, 6) is 0.455. The summed E-state index contributed by atoms with van der Waals surface area (Å²) in [6.07, 6.45) is 3.42. The van der Waals surface area contributed by atoms with Crippen LogP contribution < -0.4 is 0 Å². The molecule has 0 saturated carbocycles. The highest BCUT2D eigenvalue weighted by molar-refractivity contribution is 8.12. The molecule has 0 aliphatic carbocycles. The molecule has 26 heavy (non-hydrogen) atoms. The number of hydrogen-bond acceptors (Lipinski definition) is 9. The average molecular weight is 423 g/mol. The third kappa shape index (κ3) is 4.62. The molecule has 0 spiro atoms. The van der Waals surface area contributed by atoms with Gasteiger partial charge in [-0.05, 0) is 17.2 Å². The van der Waals surface area contributed by atoms with Crippen molar-refractivity contribution >= 4 is 45.6 Å². The average Bonchev–Trinajstić information content (AvgIpc) is 3.37. The van der Waals surface area contributed by atoms with Gasteiger partial charge in [-0.1, -0.05) is 11.8 Å². The molecular weight excluding hydrogens is 408 g/mol. The number of thiazole rings is 2. The third-order valence-electron chi connectivity index (χ3n) is 3.25. The van der Waals surface area contributed by atoms with Crippen LogP contribution in [-0.2, 0) is 15.9 Å². The van der Waals surface area contributed by atoms with E-state index in [-0.39, 0.29) is 0 Å². The first-order chi connectivity index (χ1) is 12.7. The molecule has 10 heteroatoms. The molecule has 1 atom stereocenters. The summed E-state index contributed by atoms with van der Waals surface area (Å²) in [6, 6.07) is 4.08. The minimum Gasteiger partial charge on any atom is -0.616 e. The maximum Gasteiger partial charge on any atom is 0.156 e. The lowest BCUT2D eigenvalue weighted by molar-refractivity contribution is 0.217. The first kappa shape index (κ1) is 19.3. The maximum absolute atomic E-state index is 12.1. The van der Waals surface area contributed by atoms with Gasteiger partial charge in [0.15, 0.2) is 5.08 Å². The molecule has 0 saturated heterocycles. The van der Waals surface area contributed by atoms with Crippen LogP contribution in [0.15, 0.2) is 34.2 Å². The van der Waals surface area contributed by atoms with Gasteiger partial charge in [-0.25, -0.2) is 15.0 Å². The van der Waals surface area contributed by atoms with Gasteiger partial charge in [0.25, 0.3) is 0 Å². The van der Waals surface area contributed by atoms with Crippen molar-refractivity contribution < 1.29 is 9.29 Å². The minimum absolute atomic E-state index is 0.351. The van der Waals surface area contributed by atoms with E-state index in [1.165, 1.54) is 34.4 Å². The summed E-state index contributed by atoms with van der Waals surface area (Å²) in [5.41, 5.74) is 1.87. The van der Waals surface area contributed by atoms with Crippen LogP contribution in [0.3, 0.4) is 0 Å². The Labute approximate surface area is 166 Å². The van der Waals surface area contributed by atoms with E-state index in [9.17, 15) is 9.81 Å². The Bertz CT molecular complexity index is 879. The fourth-order valence-corrected chi connectivity index (χ4v) is 5.59. The van der Waals surface area contributed by atoms with Gasteiger partial charge in [0, 0.05) is 35.8 Å². The predicted molar refractivity (Wildman–Crippen MR) is 107 cm³/mol. The quantitative estimate of drug-likeness (QED) is 0.404. The molecular formula is C16H14N4O2S4. The molecule has 0 aromatic carbocycles. The maximum atomic E-state index is 12.1. The van der Waals surface area contributed by atoms with Crippen molar-refractivity contribution in [2.24, 2.45) is 0 Å². The largest absolute Gasteiger partial charge is 0.616 e. The number of aromatic nitrogens is 3. The van der Waals surface area contributed by atoms with Crippen LogP contribution in [0.25, 0.3) is 21.3 Å². The van der Waals surface area contributed by atoms with E-state index in [1.54, 1.807) is 19.5 Å². The SMILES string of the molecule is COCC[S+]([O-])CSc1nc(-c2nccs2)cc(-c2nccs2)c1C#N. The van der Waals surface area contributed by atoms with Crippen LogP contribution in [0.4, 0.5) is 0 Å². The summed E-state index contributed by atoms with van der Waals surface area (Å²) in [6.45, 7) is 0.440. The van der Waals surface area contributed by atoms with Gasteiger partial charge < -0.3 is 9.29 Å². The van der Waals surface area contributed by atoms with Gasteiger partial charge in [0.05, 0.1) is 12.2 Å². The molecule has 0 aliphatic rings. The van der Waals surface area contributed by atoms with Crippen molar-refractivity contribution in [3.05, 3.63) is 34.8 Å². The Hall–Kier alpha value is -1.48. The van der Waals surface area contributed by atoms with Crippen molar-refractivity contribution in [1.29, 1.82) is 5.26 Å². The predicted octanol–water partition coefficient (Wildman–Crippen LogP) is 3.64. The summed E-state index contributed by atoms with van der Waals surface area (Å²) < 4.78 is 17.0. The highest BCUT2D eigenvalue weighted by Gasteiger charge is 2.19. The number of ether oxygens (including phenoxy) is 1. The first-order valence-corrected chi connectivity index (χ1v) is 11.7. The molecule has 0 aliphatic heterocycles. The molecule has 0 N–H and O–H groups in total. The number of thioether (sulfide) groups is 1. The number of pyridine rings is 1. The second-order valence-corrected chi connectivity index (χ2v) is 9.62. The summed E-state index contributed by atoms with van der Waals surface area (Å²) in [5, 5.41) is 15.9. The van der Waals surface area contributed by atoms with E-state index in [4.69, 9.17) is 4.74 Å². The normalized spacial score (nSPS) is 12.0. The van der Waals surface area contributed by atoms with Crippen LogP contribution >= 0.6 is 34.4 Å². The van der Waals surface area contributed by atoms with Crippen LogP contribution in [0.2, 0.25) is 0 Å². The highest BCUT2D eigenvalue weighted by atomic mass is 32.3. The number of rotatable bonds is 8. The van der Waals surface area contributed by atoms with Crippen LogP contribution in [0, 0.1) is 11.3 Å². The van der Waals surface area contributed by atoms with Crippen molar-refractivity contribution in [3.63, 3.8) is 0 Å². The number of nitrogens with zero attached hydrogens (tertiary/aromatic N) is 4. The van der Waals surface area contributed by atoms with Crippen LogP contribution in [0.1, 0.15) is 5.56 Å². The van der Waals surface area contributed by atoms with Gasteiger partial charge >= 0.3 is 0 Å². The fourth-order valence-electron chi connectivity index (χ4n) is 2.08. The van der Waals surface area contributed by atoms with Crippen molar-refractivity contribution in [2.45, 2.75) is 5.03 Å². The fraction of sp³-hybridized carbons (Fsp3) is 0.250. The monoisotopic (exact) mass is 422 g/mol. The molecule has 0 fully saturated rings. The summed E-state index contributed by atoms with van der Waals surface area (Å²) in [7, 11) is 1.58. The van der Waals surface area contributed by atoms with Crippen LogP contribution in [0.5, 0.6) is 0 Å². The second kappa shape index (κ2) is 9.45. The molecule has 3 aromatic heterocycles. The van der Waals surface area contributed by atoms with Gasteiger partial charge in [-0.15, -0.1) is 22.7 Å². The highest BCUT2D eigenvalue weighted by Crippen LogP contribution is 2.35. The second-order valence-electron chi connectivity index (χ2n) is 4.92. The Balaban J connectivity index is 1.97. The first-order valence-electron chi connectivity index (χ1n) is 7.44. The van der Waals surface area contributed by atoms with E-state index in [1.807, 2.05) is 16.8 Å². The molecule has 0 amide bonds. The zero-order valence-corrected chi connectivity index (χ0v) is 17.0. The van der Waals surface area contributed by atoms with Crippen LogP contribution in [-0.4, -0.2) is 44.1 Å². The molecule has 3 rings (SSSR count). The Morgan fingerprint density at radius 2 is 2.00 bits per heavy atom. The topological polar surface area (TPSA) is 94.8 Å². The standard InChI is InChI=1S/C16H14N4O2S4/c1-22-4-7-26(21)10-25-15-12(9-17)11(14-18-2-5-23-14)8-13(20-15)16-19-3-6-24-16/h2-3,5-6,8H,4,7,10H2,1H3. The van der Waals surface area contributed by atoms with Crippen molar-refractivity contribution in [1.82, 2.24) is 15.0 Å². The lowest BCUT2D eigenvalue weighted by atomic mass is 10.1. The zero-order chi connectivity index (χ0) is 18.4. The van der Waals surface area contributed by atoms with E-state index in [0.717, 1.165) is 15.6 Å². The van der Waals surface area contributed by atoms with Gasteiger partial charge in [-0.2, -0.15) is 5.26 Å². The number of nitriles is 1. The van der Waals surface area contributed by atoms with Gasteiger partial charge in [0.1, 0.15) is 32.6 Å². The Kier molecular flexibility index (Phi) is 7.01. The summed E-state index contributed by atoms with van der Waals surface area (Å²) in [4.78, 5) is 13.3. The minimum atomic E-state index is -1.05. The van der Waals surface area contributed by atoms with Gasteiger partial charge in [0.2, 0.25) is 0 Å². The van der Waals surface area contributed by atoms with Crippen molar-refractivity contribution in [2.75, 3.05) is 24.6 Å². The molecule has 134 valence electrons. The third-order valence-corrected chi connectivity index (χ3v) is 7.57. The van der Waals surface area contributed by atoms with E-state index in [2.05, 4.69) is 21.0 Å². The Morgan fingerprint density at radius 1 is 1.27 bits per heavy atom. The molecule has 3 heterocycles.